The molecule has 0 radical (unpaired) electrons. The molecule has 0 spiro atoms. The van der Waals surface area contributed by atoms with Crippen molar-refractivity contribution in [1.82, 2.24) is 30.0 Å². The van der Waals surface area contributed by atoms with Gasteiger partial charge in [-0.05, 0) is 17.5 Å². The van der Waals surface area contributed by atoms with Gasteiger partial charge in [0.25, 0.3) is 0 Å². The van der Waals surface area contributed by atoms with Gasteiger partial charge in [0.15, 0.2) is 17.5 Å². The lowest BCUT2D eigenvalue weighted by molar-refractivity contribution is 0.270. The van der Waals surface area contributed by atoms with Crippen molar-refractivity contribution < 1.29 is 17.9 Å². The molecule has 222 valence electrons. The summed E-state index contributed by atoms with van der Waals surface area (Å²) in [6.45, 7) is 3.83. The number of fused-ring (bicyclic) bond motifs is 2. The molecular formula is C30H23ClF3N9O. The van der Waals surface area contributed by atoms with E-state index in [1.807, 2.05) is 0 Å². The zero-order valence-electron chi connectivity index (χ0n) is 23.0. The maximum Gasteiger partial charge on any atom is 0.319 e. The Bertz CT molecular complexity index is 1960. The van der Waals surface area contributed by atoms with Crippen LogP contribution in [-0.2, 0) is 6.61 Å². The number of hydrogen-bond acceptors (Lipinski definition) is 8. The molecule has 1 atom stereocenters. The summed E-state index contributed by atoms with van der Waals surface area (Å²) in [4.78, 5) is 16.6. The Morgan fingerprint density at radius 1 is 1.20 bits per heavy atom. The Labute approximate surface area is 253 Å². The van der Waals surface area contributed by atoms with Gasteiger partial charge < -0.3 is 14.5 Å². The highest BCUT2D eigenvalue weighted by Crippen LogP contribution is 2.38. The molecule has 5 aromatic rings. The maximum atomic E-state index is 16.5. The van der Waals surface area contributed by atoms with Crippen molar-refractivity contribution >= 4 is 44.9 Å². The molecule has 1 fully saturated rings. The van der Waals surface area contributed by atoms with Crippen LogP contribution in [0, 0.1) is 28.4 Å². The van der Waals surface area contributed by atoms with E-state index in [0.717, 1.165) is 0 Å². The van der Waals surface area contributed by atoms with Crippen LogP contribution in [0.25, 0.3) is 32.9 Å². The Morgan fingerprint density at radius 2 is 2.05 bits per heavy atom. The van der Waals surface area contributed by atoms with Crippen LogP contribution in [0.4, 0.5) is 19.0 Å². The first-order valence-corrected chi connectivity index (χ1v) is 13.8. The molecule has 14 heteroatoms. The standard InChI is InChI=1S/C30H23ClF3N9O/c1-16(32)28(36)43-12-11-42(14-19(43)7-9-35)29-21-13-37-26(20-4-2-3-17-5-6-22(33)24(31)23(17)20)25(34)27(21)39-30(40-29)44-15-18-8-10-38-41-18/h2-6,8,10,13,19,36H,1,7,11-12,14-15H2,(H,38,41)/t19-/m0/s1. The molecule has 44 heavy (non-hydrogen) atoms. The van der Waals surface area contributed by atoms with Gasteiger partial charge in [-0.3, -0.25) is 15.5 Å². The summed E-state index contributed by atoms with van der Waals surface area (Å²) in [6, 6.07) is 10.9. The number of amidine groups is 1. The van der Waals surface area contributed by atoms with Crippen LogP contribution in [0.1, 0.15) is 12.1 Å². The topological polar surface area (TPSA) is 131 Å². The second-order valence-electron chi connectivity index (χ2n) is 10.1. The molecule has 1 aliphatic heterocycles. The number of hydrogen-bond donors (Lipinski definition) is 2. The molecule has 4 heterocycles. The number of anilines is 1. The van der Waals surface area contributed by atoms with E-state index in [4.69, 9.17) is 21.7 Å². The van der Waals surface area contributed by atoms with Crippen molar-refractivity contribution in [3.63, 3.8) is 0 Å². The van der Waals surface area contributed by atoms with Crippen LogP contribution in [0.5, 0.6) is 6.01 Å². The second kappa shape index (κ2) is 11.8. The van der Waals surface area contributed by atoms with E-state index >= 15 is 4.39 Å². The van der Waals surface area contributed by atoms with Crippen LogP contribution in [0.3, 0.4) is 0 Å². The SMILES string of the molecule is C=C(F)C(=N)N1CCN(c2nc(OCc3ccn[nH]3)nc3c(F)c(-c4cccc5ccc(F)c(Cl)c45)ncc23)C[C@@H]1CC#N. The highest BCUT2D eigenvalue weighted by atomic mass is 35.5. The maximum absolute atomic E-state index is 16.5. The van der Waals surface area contributed by atoms with E-state index in [1.165, 1.54) is 17.2 Å². The minimum Gasteiger partial charge on any atom is -0.457 e. The molecule has 10 nitrogen and oxygen atoms in total. The van der Waals surface area contributed by atoms with Gasteiger partial charge >= 0.3 is 6.01 Å². The summed E-state index contributed by atoms with van der Waals surface area (Å²) in [5.41, 5.74) is 0.709. The number of ether oxygens (including phenoxy) is 1. The number of aromatic amines is 1. The number of nitrogens with zero attached hydrogens (tertiary/aromatic N) is 7. The molecule has 0 amide bonds. The Morgan fingerprint density at radius 3 is 2.80 bits per heavy atom. The third kappa shape index (κ3) is 5.24. The number of halogens is 4. The van der Waals surface area contributed by atoms with Crippen molar-refractivity contribution in [3.8, 4) is 23.3 Å². The lowest BCUT2D eigenvalue weighted by atomic mass is 10.0. The Kier molecular flexibility index (Phi) is 7.75. The lowest BCUT2D eigenvalue weighted by Gasteiger charge is -2.42. The molecular weight excluding hydrogens is 595 g/mol. The third-order valence-corrected chi connectivity index (χ3v) is 7.77. The van der Waals surface area contributed by atoms with Crippen molar-refractivity contribution in [2.45, 2.75) is 19.1 Å². The van der Waals surface area contributed by atoms with Gasteiger partial charge in [0.1, 0.15) is 29.5 Å². The van der Waals surface area contributed by atoms with Crippen molar-refractivity contribution in [2.75, 3.05) is 24.5 Å². The Balaban J connectivity index is 1.48. The normalized spacial score (nSPS) is 15.0. The number of H-pyrrole nitrogens is 1. The number of piperazine rings is 1. The highest BCUT2D eigenvalue weighted by molar-refractivity contribution is 6.36. The van der Waals surface area contributed by atoms with E-state index in [9.17, 15) is 14.0 Å². The fraction of sp³-hybridized carbons (Fsp3) is 0.200. The molecule has 1 saturated heterocycles. The number of nitrogens with one attached hydrogen (secondary N) is 2. The van der Waals surface area contributed by atoms with Crippen molar-refractivity contribution in [1.29, 1.82) is 10.7 Å². The summed E-state index contributed by atoms with van der Waals surface area (Å²) >= 11 is 6.33. The zero-order valence-corrected chi connectivity index (χ0v) is 23.7. The number of pyridine rings is 1. The minimum absolute atomic E-state index is 0.00643. The average Bonchev–Trinajstić information content (AvgIpc) is 3.55. The number of benzene rings is 2. The van der Waals surface area contributed by atoms with Gasteiger partial charge in [0, 0.05) is 43.0 Å². The number of rotatable bonds is 7. The molecule has 6 rings (SSSR count). The predicted molar refractivity (Wildman–Crippen MR) is 159 cm³/mol. The molecule has 0 bridgehead atoms. The molecule has 2 N–H and O–H groups in total. The van der Waals surface area contributed by atoms with E-state index in [2.05, 4.69) is 37.8 Å². The van der Waals surface area contributed by atoms with Gasteiger partial charge in [-0.2, -0.15) is 20.3 Å². The molecule has 2 aromatic carbocycles. The van der Waals surface area contributed by atoms with Gasteiger partial charge in [0.2, 0.25) is 0 Å². The third-order valence-electron chi connectivity index (χ3n) is 7.40. The van der Waals surface area contributed by atoms with Crippen LogP contribution in [0.2, 0.25) is 5.02 Å². The molecule has 0 saturated carbocycles. The van der Waals surface area contributed by atoms with E-state index in [0.29, 0.717) is 16.5 Å². The number of nitriles is 1. The summed E-state index contributed by atoms with van der Waals surface area (Å²) in [5.74, 6) is -2.47. The Hall–Kier alpha value is -5.22. The van der Waals surface area contributed by atoms with Crippen molar-refractivity contribution in [3.05, 3.63) is 83.5 Å². The first-order valence-electron chi connectivity index (χ1n) is 13.4. The summed E-state index contributed by atoms with van der Waals surface area (Å²) < 4.78 is 50.6. The first-order chi connectivity index (χ1) is 21.3. The first kappa shape index (κ1) is 28.9. The van der Waals surface area contributed by atoms with E-state index in [1.54, 1.807) is 41.4 Å². The summed E-state index contributed by atoms with van der Waals surface area (Å²) in [7, 11) is 0. The van der Waals surface area contributed by atoms with Crippen LogP contribution in [-0.4, -0.2) is 61.6 Å². The van der Waals surface area contributed by atoms with Gasteiger partial charge in [0.05, 0.1) is 34.6 Å². The summed E-state index contributed by atoms with van der Waals surface area (Å²) in [6.07, 6.45) is 2.97. The fourth-order valence-corrected chi connectivity index (χ4v) is 5.58. The molecule has 1 aliphatic rings. The second-order valence-corrected chi connectivity index (χ2v) is 10.4. The average molecular weight is 618 g/mol. The van der Waals surface area contributed by atoms with E-state index in [-0.39, 0.29) is 71.7 Å². The zero-order chi connectivity index (χ0) is 31.0. The van der Waals surface area contributed by atoms with Gasteiger partial charge in [-0.25, -0.2) is 13.2 Å². The minimum atomic E-state index is -0.907. The summed E-state index contributed by atoms with van der Waals surface area (Å²) in [5, 5.41) is 25.2. The number of aromatic nitrogens is 5. The van der Waals surface area contributed by atoms with Gasteiger partial charge in [-0.1, -0.05) is 42.4 Å². The highest BCUT2D eigenvalue weighted by Gasteiger charge is 2.32. The largest absolute Gasteiger partial charge is 0.457 e. The quantitative estimate of drug-likeness (QED) is 0.169. The van der Waals surface area contributed by atoms with Crippen LogP contribution >= 0.6 is 11.6 Å². The van der Waals surface area contributed by atoms with Crippen LogP contribution < -0.4 is 9.64 Å². The van der Waals surface area contributed by atoms with Crippen molar-refractivity contribution in [2.24, 2.45) is 0 Å². The molecule has 0 unspecified atom stereocenters. The smallest absolute Gasteiger partial charge is 0.319 e. The predicted octanol–water partition coefficient (Wildman–Crippen LogP) is 5.94. The lowest BCUT2D eigenvalue weighted by Crippen LogP contribution is -2.55. The monoisotopic (exact) mass is 617 g/mol. The molecule has 3 aromatic heterocycles. The van der Waals surface area contributed by atoms with Crippen LogP contribution in [0.15, 0.2) is 61.2 Å². The van der Waals surface area contributed by atoms with Gasteiger partial charge in [-0.15, -0.1) is 0 Å². The fourth-order valence-electron chi connectivity index (χ4n) is 5.31. The van der Waals surface area contributed by atoms with E-state index < -0.39 is 29.3 Å². The molecule has 0 aliphatic carbocycles.